The van der Waals surface area contributed by atoms with Crippen molar-refractivity contribution < 1.29 is 29.0 Å². The minimum absolute atomic E-state index is 0.0848. The zero-order valence-corrected chi connectivity index (χ0v) is 20.0. The number of carbonyl (C=O) groups excluding carboxylic acids is 3. The lowest BCUT2D eigenvalue weighted by atomic mass is 9.73. The van der Waals surface area contributed by atoms with Crippen LogP contribution in [0.1, 0.15) is 58.3 Å². The number of aliphatic hydroxyl groups excluding tert-OH is 1. The van der Waals surface area contributed by atoms with Crippen molar-refractivity contribution in [2.45, 2.75) is 81.6 Å². The highest BCUT2D eigenvalue weighted by Gasteiger charge is 2.75. The number of likely N-dealkylation sites (tertiary alicyclic amines) is 1. The van der Waals surface area contributed by atoms with Crippen molar-refractivity contribution in [3.05, 3.63) is 24.3 Å². The number of aliphatic hydroxyl groups is 1. The number of cyclic esters (lactones) is 1. The number of fused-ring (bicyclic) bond motifs is 2. The van der Waals surface area contributed by atoms with E-state index in [2.05, 4.69) is 0 Å². The molecule has 3 fully saturated rings. The van der Waals surface area contributed by atoms with Gasteiger partial charge < -0.3 is 24.4 Å². The molecule has 186 valence electrons. The number of rotatable bonds is 5. The summed E-state index contributed by atoms with van der Waals surface area (Å²) in [6.07, 6.45) is 14.5. The van der Waals surface area contributed by atoms with Crippen LogP contribution in [0.2, 0.25) is 0 Å². The van der Waals surface area contributed by atoms with Crippen molar-refractivity contribution in [1.29, 1.82) is 0 Å². The van der Waals surface area contributed by atoms with Crippen molar-refractivity contribution >= 4 is 17.8 Å². The van der Waals surface area contributed by atoms with Crippen LogP contribution >= 0.6 is 0 Å². The Hall–Kier alpha value is -2.19. The second kappa shape index (κ2) is 9.11. The van der Waals surface area contributed by atoms with Gasteiger partial charge in [-0.15, -0.1) is 0 Å². The average Bonchev–Trinajstić information content (AvgIpc) is 3.18. The van der Waals surface area contributed by atoms with Gasteiger partial charge in [-0.2, -0.15) is 0 Å². The molecular formula is C26H36N2O6. The van der Waals surface area contributed by atoms with Crippen LogP contribution in [0, 0.1) is 11.8 Å². The molecule has 1 saturated carbocycles. The summed E-state index contributed by atoms with van der Waals surface area (Å²) < 4.78 is 12.4. The predicted octanol–water partition coefficient (Wildman–Crippen LogP) is 1.96. The van der Waals surface area contributed by atoms with Crippen molar-refractivity contribution in [1.82, 2.24) is 9.80 Å². The van der Waals surface area contributed by atoms with Gasteiger partial charge in [0.15, 0.2) is 0 Å². The summed E-state index contributed by atoms with van der Waals surface area (Å²) >= 11 is 0. The molecule has 4 heterocycles. The van der Waals surface area contributed by atoms with Gasteiger partial charge in [0.25, 0.3) is 0 Å². The molecule has 0 aromatic rings. The van der Waals surface area contributed by atoms with Gasteiger partial charge >= 0.3 is 5.97 Å². The number of carbonyl (C=O) groups is 3. The molecule has 0 aromatic carbocycles. The number of hydrogen-bond donors (Lipinski definition) is 1. The highest BCUT2D eigenvalue weighted by Crippen LogP contribution is 2.58. The summed E-state index contributed by atoms with van der Waals surface area (Å²) in [6.45, 7) is 2.85. The topological polar surface area (TPSA) is 96.4 Å². The molecule has 1 unspecified atom stereocenters. The van der Waals surface area contributed by atoms with E-state index in [0.717, 1.165) is 25.7 Å². The summed E-state index contributed by atoms with van der Waals surface area (Å²) in [4.78, 5) is 45.0. The Labute approximate surface area is 200 Å². The Morgan fingerprint density at radius 3 is 2.59 bits per heavy atom. The fourth-order valence-electron chi connectivity index (χ4n) is 6.95. The lowest BCUT2D eigenvalue weighted by molar-refractivity contribution is -0.162. The maximum absolute atomic E-state index is 14.2. The lowest BCUT2D eigenvalue weighted by Crippen LogP contribution is -2.58. The van der Waals surface area contributed by atoms with Gasteiger partial charge in [0.05, 0.1) is 12.5 Å². The molecule has 0 bridgehead atoms. The summed E-state index contributed by atoms with van der Waals surface area (Å²) in [7, 11) is 0. The van der Waals surface area contributed by atoms with Crippen molar-refractivity contribution in [2.75, 3.05) is 26.3 Å². The number of nitrogens with zero attached hydrogens (tertiary/aromatic N) is 2. The summed E-state index contributed by atoms with van der Waals surface area (Å²) in [5, 5.41) is 9.50. The third-order valence-corrected chi connectivity index (χ3v) is 8.51. The second-order valence-electron chi connectivity index (χ2n) is 10.3. The molecule has 1 aliphatic carbocycles. The first-order valence-corrected chi connectivity index (χ1v) is 12.9. The average molecular weight is 473 g/mol. The van der Waals surface area contributed by atoms with E-state index in [1.807, 2.05) is 36.1 Å². The van der Waals surface area contributed by atoms with Gasteiger partial charge in [-0.05, 0) is 32.1 Å². The van der Waals surface area contributed by atoms with Gasteiger partial charge in [-0.3, -0.25) is 14.4 Å². The van der Waals surface area contributed by atoms with Gasteiger partial charge in [0.1, 0.15) is 23.2 Å². The van der Waals surface area contributed by atoms with Crippen LogP contribution in [0.15, 0.2) is 24.3 Å². The Morgan fingerprint density at radius 1 is 1.06 bits per heavy atom. The summed E-state index contributed by atoms with van der Waals surface area (Å²) in [6, 6.07) is -0.704. The van der Waals surface area contributed by atoms with Gasteiger partial charge in [-0.25, -0.2) is 0 Å². The largest absolute Gasteiger partial charge is 0.465 e. The molecule has 5 atom stereocenters. The lowest BCUT2D eigenvalue weighted by Gasteiger charge is -2.40. The zero-order chi connectivity index (χ0) is 23.9. The van der Waals surface area contributed by atoms with Gasteiger partial charge in [0, 0.05) is 25.7 Å². The number of ether oxygens (including phenoxy) is 2. The van der Waals surface area contributed by atoms with Crippen LogP contribution in [-0.2, 0) is 23.9 Å². The normalized spacial score (nSPS) is 38.2. The minimum atomic E-state index is -1.23. The first-order valence-electron chi connectivity index (χ1n) is 12.9. The van der Waals surface area contributed by atoms with Gasteiger partial charge in [0.2, 0.25) is 11.8 Å². The second-order valence-corrected chi connectivity index (χ2v) is 10.3. The van der Waals surface area contributed by atoms with Crippen LogP contribution in [0.25, 0.3) is 0 Å². The molecule has 1 N–H and O–H groups in total. The summed E-state index contributed by atoms with van der Waals surface area (Å²) in [5.74, 6) is -2.45. The van der Waals surface area contributed by atoms with Crippen LogP contribution < -0.4 is 0 Å². The van der Waals surface area contributed by atoms with E-state index in [1.165, 1.54) is 6.42 Å². The molecule has 4 aliphatic heterocycles. The maximum atomic E-state index is 14.2. The molecule has 0 radical (unpaired) electrons. The van der Waals surface area contributed by atoms with E-state index in [4.69, 9.17) is 9.47 Å². The quantitative estimate of drug-likeness (QED) is 0.486. The van der Waals surface area contributed by atoms with Crippen LogP contribution in [0.4, 0.5) is 0 Å². The molecule has 1 spiro atoms. The van der Waals surface area contributed by atoms with Crippen LogP contribution in [0.5, 0.6) is 0 Å². The molecular weight excluding hydrogens is 436 g/mol. The predicted molar refractivity (Wildman–Crippen MR) is 123 cm³/mol. The monoisotopic (exact) mass is 472 g/mol. The Balaban J connectivity index is 1.61. The van der Waals surface area contributed by atoms with Gasteiger partial charge in [-0.1, -0.05) is 50.5 Å². The zero-order valence-electron chi connectivity index (χ0n) is 20.0. The highest BCUT2D eigenvalue weighted by atomic mass is 16.6. The molecule has 2 amide bonds. The maximum Gasteiger partial charge on any atom is 0.313 e. The third kappa shape index (κ3) is 3.44. The number of amides is 2. The molecule has 8 nitrogen and oxygen atoms in total. The van der Waals surface area contributed by atoms with E-state index >= 15 is 0 Å². The van der Waals surface area contributed by atoms with E-state index in [1.54, 1.807) is 4.90 Å². The van der Waals surface area contributed by atoms with E-state index < -0.39 is 35.0 Å². The molecule has 5 aliphatic rings. The van der Waals surface area contributed by atoms with E-state index in [0.29, 0.717) is 25.8 Å². The smallest absolute Gasteiger partial charge is 0.313 e. The van der Waals surface area contributed by atoms with Crippen LogP contribution in [0.3, 0.4) is 0 Å². The summed E-state index contributed by atoms with van der Waals surface area (Å²) in [5.41, 5.74) is -2.23. The van der Waals surface area contributed by atoms with Crippen molar-refractivity contribution in [3.8, 4) is 0 Å². The standard InChI is InChI=1S/C26H36N2O6/c1-2-25-12-6-7-17-33-24(32)20(25)19-22(30)28(15-9-16-29)21-23(31)27(18-10-4-3-5-11-18)14-8-13-26(19,21)34-25/h6,8,12-13,18-21,29H,2-5,7,9-11,14-17H2,1H3/t19-,20-,21?,25+,26-/m0/s1. The Kier molecular flexibility index (Phi) is 6.31. The molecule has 0 aromatic heterocycles. The SMILES string of the molecule is CC[C@@]12C=CCCOC(=O)[C@@H]1[C@H]1C(=O)N(CCCO)C3C(=O)N(C4CCCCC4)CC=C[C@@]31O2. The fraction of sp³-hybridized carbons (Fsp3) is 0.731. The number of hydrogen-bond acceptors (Lipinski definition) is 6. The molecule has 8 heteroatoms. The molecule has 34 heavy (non-hydrogen) atoms. The fourth-order valence-corrected chi connectivity index (χ4v) is 6.95. The Bertz CT molecular complexity index is 896. The van der Waals surface area contributed by atoms with Crippen LogP contribution in [-0.4, -0.2) is 82.3 Å². The first kappa shape index (κ1) is 23.5. The van der Waals surface area contributed by atoms with Crippen molar-refractivity contribution in [3.63, 3.8) is 0 Å². The first-order chi connectivity index (χ1) is 16.5. The van der Waals surface area contributed by atoms with Crippen molar-refractivity contribution in [2.24, 2.45) is 11.8 Å². The molecule has 5 rings (SSSR count). The molecule has 2 saturated heterocycles. The minimum Gasteiger partial charge on any atom is -0.465 e. The number of esters is 1. The third-order valence-electron chi connectivity index (χ3n) is 8.51. The van der Waals surface area contributed by atoms with E-state index in [9.17, 15) is 19.5 Å². The highest BCUT2D eigenvalue weighted by molar-refractivity contribution is 5.99. The van der Waals surface area contributed by atoms with E-state index in [-0.39, 0.29) is 37.6 Å². The Morgan fingerprint density at radius 2 is 1.85 bits per heavy atom.